The highest BCUT2D eigenvalue weighted by Crippen LogP contribution is 2.26. The first kappa shape index (κ1) is 20.5. The van der Waals surface area contributed by atoms with E-state index in [-0.39, 0.29) is 0 Å². The monoisotopic (exact) mass is 264 g/mol. The van der Waals surface area contributed by atoms with Crippen LogP contribution in [-0.4, -0.2) is 0 Å². The molecule has 0 aromatic heterocycles. The van der Waals surface area contributed by atoms with Crippen LogP contribution in [0.15, 0.2) is 34.9 Å². The maximum Gasteiger partial charge on any atom is -0.0279 e. The van der Waals surface area contributed by atoms with Gasteiger partial charge in [0.05, 0.1) is 0 Å². The van der Waals surface area contributed by atoms with Crippen LogP contribution in [0.4, 0.5) is 0 Å². The molecule has 0 heteroatoms. The van der Waals surface area contributed by atoms with Crippen molar-refractivity contribution in [2.24, 2.45) is 5.92 Å². The molecular formula is C19H36. The summed E-state index contributed by atoms with van der Waals surface area (Å²) in [6.07, 6.45) is 7.59. The van der Waals surface area contributed by atoms with Crippen LogP contribution < -0.4 is 0 Å². The lowest BCUT2D eigenvalue weighted by Crippen LogP contribution is -1.95. The maximum atomic E-state index is 3.95. The van der Waals surface area contributed by atoms with Crippen molar-refractivity contribution >= 4 is 0 Å². The van der Waals surface area contributed by atoms with E-state index in [1.54, 1.807) is 11.1 Å². The summed E-state index contributed by atoms with van der Waals surface area (Å²) in [6, 6.07) is 0. The summed E-state index contributed by atoms with van der Waals surface area (Å²) < 4.78 is 0. The molecule has 0 atom stereocenters. The van der Waals surface area contributed by atoms with Crippen LogP contribution in [0.3, 0.4) is 0 Å². The normalized spacial score (nSPS) is 15.3. The average molecular weight is 264 g/mol. The third kappa shape index (κ3) is 12.0. The lowest BCUT2D eigenvalue weighted by molar-refractivity contribution is 0.682. The second-order valence-electron chi connectivity index (χ2n) is 5.85. The van der Waals surface area contributed by atoms with Crippen LogP contribution in [0.5, 0.6) is 0 Å². The third-order valence-electron chi connectivity index (χ3n) is 2.86. The van der Waals surface area contributed by atoms with Gasteiger partial charge in [-0.15, -0.1) is 0 Å². The molecule has 112 valence electrons. The highest BCUT2D eigenvalue weighted by atomic mass is 14.1. The Balaban J connectivity index is 0. The van der Waals surface area contributed by atoms with Gasteiger partial charge in [-0.05, 0) is 63.5 Å². The first-order valence-corrected chi connectivity index (χ1v) is 7.87. The SMILES string of the molecule is C=C(C)/C(C)=C\C1=C(C)CCCC1.CC.CC(C)C. The number of hydrogen-bond donors (Lipinski definition) is 0. The Bertz CT molecular complexity index is 297. The largest absolute Gasteiger partial charge is 0.0958 e. The van der Waals surface area contributed by atoms with Crippen molar-refractivity contribution in [1.29, 1.82) is 0 Å². The fourth-order valence-corrected chi connectivity index (χ4v) is 1.66. The van der Waals surface area contributed by atoms with Crippen molar-refractivity contribution in [1.82, 2.24) is 0 Å². The van der Waals surface area contributed by atoms with E-state index in [1.165, 1.54) is 36.8 Å². The highest BCUT2D eigenvalue weighted by Gasteiger charge is 2.06. The van der Waals surface area contributed by atoms with Gasteiger partial charge < -0.3 is 0 Å². The van der Waals surface area contributed by atoms with Crippen LogP contribution in [0.25, 0.3) is 0 Å². The zero-order chi connectivity index (χ0) is 15.4. The van der Waals surface area contributed by atoms with Gasteiger partial charge in [-0.2, -0.15) is 0 Å². The summed E-state index contributed by atoms with van der Waals surface area (Å²) in [5.41, 5.74) is 5.64. The predicted molar refractivity (Wildman–Crippen MR) is 91.6 cm³/mol. The lowest BCUT2D eigenvalue weighted by atomic mass is 9.91. The van der Waals surface area contributed by atoms with Crippen LogP contribution in [0, 0.1) is 5.92 Å². The quantitative estimate of drug-likeness (QED) is 0.467. The molecule has 1 aliphatic rings. The predicted octanol–water partition coefficient (Wildman–Crippen LogP) is 7.09. The molecule has 0 nitrogen and oxygen atoms in total. The maximum absolute atomic E-state index is 3.95. The fraction of sp³-hybridized carbons (Fsp3) is 0.684. The Labute approximate surface area is 122 Å². The topological polar surface area (TPSA) is 0 Å². The summed E-state index contributed by atoms with van der Waals surface area (Å²) in [4.78, 5) is 0. The Morgan fingerprint density at radius 1 is 1.05 bits per heavy atom. The number of hydrogen-bond acceptors (Lipinski definition) is 0. The molecule has 1 rings (SSSR count). The van der Waals surface area contributed by atoms with E-state index in [0.29, 0.717) is 0 Å². The van der Waals surface area contributed by atoms with Crippen molar-refractivity contribution < 1.29 is 0 Å². The smallest absolute Gasteiger partial charge is 0.0279 e. The number of allylic oxidation sites excluding steroid dienone is 5. The summed E-state index contributed by atoms with van der Waals surface area (Å²) in [5.74, 6) is 0.833. The van der Waals surface area contributed by atoms with Crippen LogP contribution in [-0.2, 0) is 0 Å². The second kappa shape index (κ2) is 12.3. The van der Waals surface area contributed by atoms with Crippen molar-refractivity contribution in [2.75, 3.05) is 0 Å². The molecule has 0 aromatic carbocycles. The second-order valence-corrected chi connectivity index (χ2v) is 5.85. The molecule has 0 spiro atoms. The number of rotatable bonds is 2. The molecule has 0 N–H and O–H groups in total. The molecular weight excluding hydrogens is 228 g/mol. The van der Waals surface area contributed by atoms with Gasteiger partial charge in [-0.3, -0.25) is 0 Å². The molecule has 19 heavy (non-hydrogen) atoms. The van der Waals surface area contributed by atoms with E-state index >= 15 is 0 Å². The Kier molecular flexibility index (Phi) is 13.3. The molecule has 0 bridgehead atoms. The minimum atomic E-state index is 0.833. The summed E-state index contributed by atoms with van der Waals surface area (Å²) in [6.45, 7) is 20.9. The van der Waals surface area contributed by atoms with Gasteiger partial charge in [0.2, 0.25) is 0 Å². The average Bonchev–Trinajstić information content (AvgIpc) is 2.33. The zero-order valence-corrected chi connectivity index (χ0v) is 14.7. The Morgan fingerprint density at radius 3 is 1.84 bits per heavy atom. The van der Waals surface area contributed by atoms with Crippen LogP contribution in [0.2, 0.25) is 0 Å². The summed E-state index contributed by atoms with van der Waals surface area (Å²) in [5, 5.41) is 0. The Morgan fingerprint density at radius 2 is 1.47 bits per heavy atom. The Hall–Kier alpha value is -0.780. The van der Waals surface area contributed by atoms with Gasteiger partial charge in [0, 0.05) is 0 Å². The molecule has 0 aliphatic heterocycles. The van der Waals surface area contributed by atoms with E-state index < -0.39 is 0 Å². The molecule has 0 saturated carbocycles. The standard InChI is InChI=1S/C13H20.C4H10.C2H6/c1-10(2)12(4)9-13-8-6-5-7-11(13)3;1-4(2)3;1-2/h9H,1,5-8H2,2-4H3;4H,1-3H3;1-2H3/b12-9-;;. The van der Waals surface area contributed by atoms with E-state index in [9.17, 15) is 0 Å². The minimum Gasteiger partial charge on any atom is -0.0958 e. The molecule has 0 saturated heterocycles. The van der Waals surface area contributed by atoms with Crippen molar-refractivity contribution in [3.63, 3.8) is 0 Å². The minimum absolute atomic E-state index is 0.833. The summed E-state index contributed by atoms with van der Waals surface area (Å²) >= 11 is 0. The fourth-order valence-electron chi connectivity index (χ4n) is 1.66. The molecule has 0 aromatic rings. The van der Waals surface area contributed by atoms with Gasteiger partial charge in [-0.25, -0.2) is 0 Å². The van der Waals surface area contributed by atoms with E-state index in [4.69, 9.17) is 0 Å². The molecule has 0 fully saturated rings. The molecule has 0 amide bonds. The van der Waals surface area contributed by atoms with Gasteiger partial charge >= 0.3 is 0 Å². The van der Waals surface area contributed by atoms with Crippen molar-refractivity contribution in [3.8, 4) is 0 Å². The van der Waals surface area contributed by atoms with E-state index in [0.717, 1.165) is 5.92 Å². The van der Waals surface area contributed by atoms with Crippen LogP contribution >= 0.6 is 0 Å². The van der Waals surface area contributed by atoms with Crippen molar-refractivity contribution in [3.05, 3.63) is 34.9 Å². The van der Waals surface area contributed by atoms with Gasteiger partial charge in [-0.1, -0.05) is 58.4 Å². The van der Waals surface area contributed by atoms with Crippen molar-refractivity contribution in [2.45, 2.75) is 81.1 Å². The van der Waals surface area contributed by atoms with Gasteiger partial charge in [0.15, 0.2) is 0 Å². The van der Waals surface area contributed by atoms with E-state index in [2.05, 4.69) is 54.2 Å². The highest BCUT2D eigenvalue weighted by molar-refractivity contribution is 5.36. The molecule has 0 heterocycles. The molecule has 0 unspecified atom stereocenters. The lowest BCUT2D eigenvalue weighted by Gasteiger charge is -2.15. The summed E-state index contributed by atoms with van der Waals surface area (Å²) in [7, 11) is 0. The first-order valence-electron chi connectivity index (χ1n) is 7.87. The third-order valence-corrected chi connectivity index (χ3v) is 2.86. The zero-order valence-electron chi connectivity index (χ0n) is 14.7. The van der Waals surface area contributed by atoms with Gasteiger partial charge in [0.1, 0.15) is 0 Å². The van der Waals surface area contributed by atoms with Gasteiger partial charge in [0.25, 0.3) is 0 Å². The molecule has 1 aliphatic carbocycles. The van der Waals surface area contributed by atoms with Crippen LogP contribution in [0.1, 0.15) is 81.1 Å². The first-order chi connectivity index (χ1) is 8.84. The molecule has 0 radical (unpaired) electrons. The van der Waals surface area contributed by atoms with E-state index in [1.807, 2.05) is 13.8 Å².